The number of carbonyl (C=O) groups is 2. The highest BCUT2D eigenvalue weighted by Crippen LogP contribution is 2.35. The first-order chi connectivity index (χ1) is 29.9. The molecule has 13 heteroatoms. The van der Waals surface area contributed by atoms with Crippen LogP contribution in [0.25, 0.3) is 38.9 Å². The highest BCUT2D eigenvalue weighted by atomic mass is 16.5. The van der Waals surface area contributed by atoms with E-state index in [9.17, 15) is 14.7 Å². The van der Waals surface area contributed by atoms with Crippen LogP contribution in [0.15, 0.2) is 97.6 Å². The van der Waals surface area contributed by atoms with Crippen LogP contribution in [-0.4, -0.2) is 60.0 Å². The van der Waals surface area contributed by atoms with E-state index in [4.69, 9.17) is 9.47 Å². The molecule has 1 atom stereocenters. The average Bonchev–Trinajstić information content (AvgIpc) is 3.22. The van der Waals surface area contributed by atoms with E-state index < -0.39 is 11.4 Å². The molecule has 1 unspecified atom stereocenters. The third kappa shape index (κ3) is 8.86. The SMILES string of the molecule is C=C(OCC(CC)(CCC(=O)c1ccc2[nH][nH]c2c1)COC(=O)c1ccc2[nH]n(Nc3cc(C(C)(C)C)ccc3C)c2c1)c1ccc2[nH]n(Nc3cc(C(C)(C)C)ccc3O)c2c1. The number of phenols is 1. The normalized spacial score (nSPS) is 13.1. The molecule has 0 radical (unpaired) electrons. The van der Waals surface area contributed by atoms with Crippen LogP contribution < -0.4 is 10.9 Å². The summed E-state index contributed by atoms with van der Waals surface area (Å²) < 4.78 is 12.6. The smallest absolute Gasteiger partial charge is 0.338 e. The number of ketones is 1. The Labute approximate surface area is 366 Å². The van der Waals surface area contributed by atoms with Crippen molar-refractivity contribution < 1.29 is 24.2 Å². The summed E-state index contributed by atoms with van der Waals surface area (Å²) in [6, 6.07) is 28.8. The van der Waals surface area contributed by atoms with E-state index in [1.807, 2.05) is 72.4 Å². The van der Waals surface area contributed by atoms with Gasteiger partial charge in [0.2, 0.25) is 0 Å². The Kier molecular flexibility index (Phi) is 11.1. The van der Waals surface area contributed by atoms with Gasteiger partial charge in [-0.25, -0.2) is 4.79 Å². The molecule has 63 heavy (non-hydrogen) atoms. The van der Waals surface area contributed by atoms with Crippen LogP contribution in [0.1, 0.15) is 111 Å². The highest BCUT2D eigenvalue weighted by Gasteiger charge is 2.33. The van der Waals surface area contributed by atoms with Gasteiger partial charge in [-0.3, -0.25) is 36.0 Å². The zero-order chi connectivity index (χ0) is 44.8. The number of esters is 1. The fourth-order valence-electron chi connectivity index (χ4n) is 7.61. The number of fused-ring (bicyclic) bond motifs is 3. The summed E-state index contributed by atoms with van der Waals surface area (Å²) in [6.07, 6.45) is 1.20. The summed E-state index contributed by atoms with van der Waals surface area (Å²) in [4.78, 5) is 31.0. The van der Waals surface area contributed by atoms with Gasteiger partial charge in [-0.05, 0) is 120 Å². The number of aryl methyl sites for hydroxylation is 1. The quantitative estimate of drug-likeness (QED) is 0.0220. The number of aromatic amines is 4. The van der Waals surface area contributed by atoms with E-state index in [0.717, 1.165) is 55.5 Å². The van der Waals surface area contributed by atoms with Crippen LogP contribution in [0.3, 0.4) is 0 Å². The topological polar surface area (TPSA) is 170 Å². The molecule has 7 N–H and O–H groups in total. The van der Waals surface area contributed by atoms with E-state index in [-0.39, 0.29) is 42.0 Å². The van der Waals surface area contributed by atoms with Gasteiger partial charge in [0.1, 0.15) is 29.1 Å². The van der Waals surface area contributed by atoms with Crippen molar-refractivity contribution in [2.45, 2.75) is 85.5 Å². The van der Waals surface area contributed by atoms with E-state index >= 15 is 0 Å². The van der Waals surface area contributed by atoms with Crippen molar-refractivity contribution in [3.63, 3.8) is 0 Å². The maximum atomic E-state index is 13.8. The van der Waals surface area contributed by atoms with Crippen LogP contribution in [0.2, 0.25) is 0 Å². The molecule has 3 aromatic heterocycles. The molecule has 0 bridgehead atoms. The first-order valence-electron chi connectivity index (χ1n) is 21.5. The first-order valence-corrected chi connectivity index (χ1v) is 21.5. The number of Topliss-reactive ketones (excluding diaryl/α,β-unsaturated/α-hetero) is 1. The maximum Gasteiger partial charge on any atom is 0.338 e. The van der Waals surface area contributed by atoms with Crippen LogP contribution in [0.5, 0.6) is 5.75 Å². The zero-order valence-corrected chi connectivity index (χ0v) is 37.4. The number of phenolic OH excluding ortho intramolecular Hbond substituents is 1. The minimum Gasteiger partial charge on any atom is -0.506 e. The molecule has 0 aliphatic heterocycles. The van der Waals surface area contributed by atoms with Gasteiger partial charge in [0, 0.05) is 23.0 Å². The zero-order valence-electron chi connectivity index (χ0n) is 37.4. The van der Waals surface area contributed by atoms with Crippen molar-refractivity contribution in [1.29, 1.82) is 0 Å². The number of hydrogen-bond donors (Lipinski definition) is 7. The number of H-pyrrole nitrogens is 4. The number of aromatic hydroxyl groups is 1. The Morgan fingerprint density at radius 1 is 0.667 bits per heavy atom. The number of ether oxygens (including phenoxy) is 2. The minimum atomic E-state index is -0.719. The molecule has 0 aliphatic rings. The van der Waals surface area contributed by atoms with Gasteiger partial charge in [0.05, 0.1) is 45.6 Å². The Morgan fingerprint density at radius 3 is 1.84 bits per heavy atom. The molecule has 0 spiro atoms. The van der Waals surface area contributed by atoms with Crippen molar-refractivity contribution in [3.05, 3.63) is 131 Å². The molecule has 0 aliphatic carbocycles. The Balaban J connectivity index is 0.987. The van der Waals surface area contributed by atoms with Gasteiger partial charge in [-0.1, -0.05) is 73.2 Å². The van der Waals surface area contributed by atoms with E-state index in [1.165, 1.54) is 5.56 Å². The minimum absolute atomic E-state index is 0.0103. The molecule has 0 saturated carbocycles. The van der Waals surface area contributed by atoms with Crippen molar-refractivity contribution in [1.82, 2.24) is 30.0 Å². The molecule has 0 amide bonds. The lowest BCUT2D eigenvalue weighted by atomic mass is 9.81. The summed E-state index contributed by atoms with van der Waals surface area (Å²) in [5.74, 6) is 0.0864. The highest BCUT2D eigenvalue weighted by molar-refractivity contribution is 5.99. The fraction of sp³-hybridized carbons (Fsp3) is 0.320. The Morgan fingerprint density at radius 2 is 1.22 bits per heavy atom. The average molecular weight is 851 g/mol. The number of nitrogens with one attached hydrogen (secondary N) is 6. The molecule has 8 rings (SSSR count). The van der Waals surface area contributed by atoms with E-state index in [1.54, 1.807) is 16.9 Å². The van der Waals surface area contributed by atoms with Crippen LogP contribution in [-0.2, 0) is 20.3 Å². The molecular weight excluding hydrogens is 793 g/mol. The Bertz CT molecular complexity index is 2820. The van der Waals surface area contributed by atoms with Crippen molar-refractivity contribution in [3.8, 4) is 5.75 Å². The van der Waals surface area contributed by atoms with Crippen molar-refractivity contribution in [2.24, 2.45) is 5.41 Å². The number of rotatable bonds is 16. The molecule has 13 nitrogen and oxygen atoms in total. The molecule has 328 valence electrons. The molecule has 0 saturated heterocycles. The molecule has 8 aromatic rings. The second kappa shape index (κ2) is 16.4. The predicted molar refractivity (Wildman–Crippen MR) is 252 cm³/mol. The van der Waals surface area contributed by atoms with Crippen LogP contribution in [0, 0.1) is 12.3 Å². The molecule has 5 aromatic carbocycles. The van der Waals surface area contributed by atoms with Crippen LogP contribution in [0.4, 0.5) is 11.4 Å². The third-order valence-electron chi connectivity index (χ3n) is 12.3. The van der Waals surface area contributed by atoms with Gasteiger partial charge in [0.15, 0.2) is 5.78 Å². The lowest BCUT2D eigenvalue weighted by Gasteiger charge is -2.32. The summed E-state index contributed by atoms with van der Waals surface area (Å²) in [7, 11) is 0. The van der Waals surface area contributed by atoms with Gasteiger partial charge < -0.3 is 14.6 Å². The number of benzene rings is 5. The lowest BCUT2D eigenvalue weighted by Crippen LogP contribution is -2.33. The number of hydrogen-bond acceptors (Lipinski definition) is 7. The predicted octanol–water partition coefficient (Wildman–Crippen LogP) is 11.3. The lowest BCUT2D eigenvalue weighted by molar-refractivity contribution is 0.00443. The fourth-order valence-corrected chi connectivity index (χ4v) is 7.61. The van der Waals surface area contributed by atoms with Gasteiger partial charge in [-0.15, -0.1) is 0 Å². The summed E-state index contributed by atoms with van der Waals surface area (Å²) >= 11 is 0. The van der Waals surface area contributed by atoms with E-state index in [0.29, 0.717) is 35.4 Å². The van der Waals surface area contributed by atoms with Gasteiger partial charge in [-0.2, -0.15) is 9.58 Å². The van der Waals surface area contributed by atoms with Gasteiger partial charge in [0.25, 0.3) is 0 Å². The molecule has 3 heterocycles. The number of nitrogens with zero attached hydrogens (tertiary/aromatic N) is 2. The molecule has 0 fully saturated rings. The van der Waals surface area contributed by atoms with Crippen LogP contribution >= 0.6 is 0 Å². The number of anilines is 2. The standard InChI is InChI=1S/C50H58N8O5/c1-10-50(22-21-45(59)33-13-17-37-41(23-33)52-51-37,28-62-31(3)32-12-18-38-43(24-32)58(54-38)56-42-27-36(49(7,8)9)16-20-46(42)60)29-63-47(61)34-14-19-39-44(25-34)57(53-39)55-40-26-35(48(4,5)6)15-11-30(40)2/h11-20,23-27,51-56,60H,3,10,21-22,28-29H2,1-2,4-9H3. The summed E-state index contributed by atoms with van der Waals surface area (Å²) in [5.41, 5.74) is 17.9. The first kappa shape index (κ1) is 42.7. The summed E-state index contributed by atoms with van der Waals surface area (Å²) in [6.45, 7) is 21.5. The second-order valence-corrected chi connectivity index (χ2v) is 18.9. The molecular formula is C50H58N8O5. The van der Waals surface area contributed by atoms with Crippen molar-refractivity contribution in [2.75, 3.05) is 24.1 Å². The third-order valence-corrected chi connectivity index (χ3v) is 12.3. The maximum absolute atomic E-state index is 13.8. The second-order valence-electron chi connectivity index (χ2n) is 18.9. The van der Waals surface area contributed by atoms with Gasteiger partial charge >= 0.3 is 5.97 Å². The monoisotopic (exact) mass is 850 g/mol. The van der Waals surface area contributed by atoms with E-state index in [2.05, 4.69) is 104 Å². The number of aromatic nitrogens is 6. The Hall–Kier alpha value is -7.02. The largest absolute Gasteiger partial charge is 0.506 e. The summed E-state index contributed by atoms with van der Waals surface area (Å²) in [5, 5.41) is 23.2. The number of carbonyl (C=O) groups excluding carboxylic acids is 2. The van der Waals surface area contributed by atoms with Crippen molar-refractivity contribution >= 4 is 62.0 Å².